The molecule has 0 atom stereocenters. The molecule has 0 saturated heterocycles. The Balaban J connectivity index is 2.03. The Bertz CT molecular complexity index is 462. The van der Waals surface area contributed by atoms with Crippen LogP contribution in [0, 0.1) is 12.8 Å². The van der Waals surface area contributed by atoms with Crippen LogP contribution >= 0.6 is 0 Å². The summed E-state index contributed by atoms with van der Waals surface area (Å²) in [5, 5.41) is 3.61. The van der Waals surface area contributed by atoms with E-state index >= 15 is 0 Å². The Labute approximate surface area is 109 Å². The van der Waals surface area contributed by atoms with Crippen molar-refractivity contribution in [2.24, 2.45) is 11.7 Å². The summed E-state index contributed by atoms with van der Waals surface area (Å²) in [4.78, 5) is 11.1. The van der Waals surface area contributed by atoms with Crippen molar-refractivity contribution in [2.45, 2.75) is 45.7 Å². The van der Waals surface area contributed by atoms with Crippen LogP contribution in [-0.4, -0.2) is 11.4 Å². The highest BCUT2D eigenvalue weighted by Gasteiger charge is 2.37. The fraction of sp³-hybridized carbons (Fsp3) is 0.533. The van der Waals surface area contributed by atoms with Gasteiger partial charge in [0.15, 0.2) is 0 Å². The zero-order valence-corrected chi connectivity index (χ0v) is 11.4. The molecule has 98 valence electrons. The summed E-state index contributed by atoms with van der Waals surface area (Å²) in [5.41, 5.74) is 8.40. The van der Waals surface area contributed by atoms with E-state index in [4.69, 9.17) is 5.73 Å². The number of carbonyl (C=O) groups is 1. The summed E-state index contributed by atoms with van der Waals surface area (Å²) in [7, 11) is 0. The molecule has 1 aliphatic carbocycles. The Morgan fingerprint density at radius 1 is 1.44 bits per heavy atom. The lowest BCUT2D eigenvalue weighted by atomic mass is 9.97. The number of nitrogens with one attached hydrogen (secondary N) is 1. The summed E-state index contributed by atoms with van der Waals surface area (Å²) in [6.45, 7) is 7.39. The Morgan fingerprint density at radius 3 is 2.61 bits per heavy atom. The third-order valence-corrected chi connectivity index (χ3v) is 3.96. The zero-order chi connectivity index (χ0) is 13.3. The van der Waals surface area contributed by atoms with E-state index in [0.29, 0.717) is 5.56 Å². The van der Waals surface area contributed by atoms with Gasteiger partial charge in [-0.3, -0.25) is 4.79 Å². The molecular formula is C15H22N2O. The molecule has 0 spiro atoms. The first-order chi connectivity index (χ1) is 8.40. The maximum Gasteiger partial charge on any atom is 0.248 e. The molecule has 0 unspecified atom stereocenters. The van der Waals surface area contributed by atoms with E-state index in [0.717, 1.165) is 18.0 Å². The van der Waals surface area contributed by atoms with Gasteiger partial charge in [-0.1, -0.05) is 6.07 Å². The molecule has 3 N–H and O–H groups in total. The first kappa shape index (κ1) is 13.1. The summed E-state index contributed by atoms with van der Waals surface area (Å²) in [5.74, 6) is 0.443. The van der Waals surface area contributed by atoms with E-state index in [2.05, 4.69) is 19.2 Å². The number of nitrogens with two attached hydrogens (primary N) is 1. The summed E-state index contributed by atoms with van der Waals surface area (Å²) in [6.07, 6.45) is 2.67. The van der Waals surface area contributed by atoms with Crippen LogP contribution in [0.4, 0.5) is 0 Å². The topological polar surface area (TPSA) is 55.1 Å². The molecule has 0 bridgehead atoms. The highest BCUT2D eigenvalue weighted by atomic mass is 16.1. The summed E-state index contributed by atoms with van der Waals surface area (Å²) < 4.78 is 0. The molecule has 0 radical (unpaired) electrons. The molecule has 3 heteroatoms. The number of primary amides is 1. The van der Waals surface area contributed by atoms with Gasteiger partial charge in [0.1, 0.15) is 0 Å². The lowest BCUT2D eigenvalue weighted by Gasteiger charge is -2.26. The van der Waals surface area contributed by atoms with Crippen LogP contribution in [0.2, 0.25) is 0 Å². The van der Waals surface area contributed by atoms with Crippen LogP contribution in [0.3, 0.4) is 0 Å². The molecule has 0 aliphatic heterocycles. The van der Waals surface area contributed by atoms with Gasteiger partial charge in [-0.15, -0.1) is 0 Å². The van der Waals surface area contributed by atoms with Gasteiger partial charge in [0.2, 0.25) is 5.91 Å². The third kappa shape index (κ3) is 2.91. The van der Waals surface area contributed by atoms with Gasteiger partial charge in [0, 0.05) is 17.6 Å². The van der Waals surface area contributed by atoms with Crippen molar-refractivity contribution in [3.63, 3.8) is 0 Å². The van der Waals surface area contributed by atoms with Crippen molar-refractivity contribution < 1.29 is 4.79 Å². The predicted octanol–water partition coefficient (Wildman–Crippen LogP) is 2.37. The summed E-state index contributed by atoms with van der Waals surface area (Å²) in [6, 6.07) is 5.66. The lowest BCUT2D eigenvalue weighted by Crippen LogP contribution is -2.40. The van der Waals surface area contributed by atoms with Crippen LogP contribution in [0.25, 0.3) is 0 Å². The fourth-order valence-electron chi connectivity index (χ4n) is 2.32. The molecule has 3 nitrogen and oxygen atoms in total. The van der Waals surface area contributed by atoms with Gasteiger partial charge in [-0.2, -0.15) is 0 Å². The minimum absolute atomic E-state index is 0.203. The first-order valence-corrected chi connectivity index (χ1v) is 6.54. The van der Waals surface area contributed by atoms with Gasteiger partial charge in [-0.05, 0) is 62.8 Å². The van der Waals surface area contributed by atoms with Crippen LogP contribution in [0.1, 0.15) is 48.2 Å². The van der Waals surface area contributed by atoms with Crippen LogP contribution < -0.4 is 11.1 Å². The van der Waals surface area contributed by atoms with Gasteiger partial charge >= 0.3 is 0 Å². The van der Waals surface area contributed by atoms with Crippen LogP contribution in [0.5, 0.6) is 0 Å². The Morgan fingerprint density at radius 2 is 2.11 bits per heavy atom. The lowest BCUT2D eigenvalue weighted by molar-refractivity contribution is 0.1000. The standard InChI is InChI=1S/C15H22N2O/c1-10-8-11(14(16)18)4-5-12(10)9-17-15(2,3)13-6-7-13/h4-5,8,13,17H,6-7,9H2,1-3H3,(H2,16,18). The Kier molecular flexibility index (Phi) is 3.44. The maximum atomic E-state index is 11.1. The van der Waals surface area contributed by atoms with Gasteiger partial charge in [0.05, 0.1) is 0 Å². The highest BCUT2D eigenvalue weighted by Crippen LogP contribution is 2.39. The fourth-order valence-corrected chi connectivity index (χ4v) is 2.32. The average molecular weight is 246 g/mol. The zero-order valence-electron chi connectivity index (χ0n) is 11.4. The molecule has 1 aromatic carbocycles. The molecule has 1 aromatic rings. The molecule has 1 amide bonds. The van der Waals surface area contributed by atoms with Crippen molar-refractivity contribution in [2.75, 3.05) is 0 Å². The number of aryl methyl sites for hydroxylation is 1. The monoisotopic (exact) mass is 246 g/mol. The number of hydrogen-bond donors (Lipinski definition) is 2. The van der Waals surface area contributed by atoms with Crippen molar-refractivity contribution in [1.29, 1.82) is 0 Å². The number of rotatable bonds is 5. The van der Waals surface area contributed by atoms with Gasteiger partial charge in [0.25, 0.3) is 0 Å². The molecule has 0 aromatic heterocycles. The second-order valence-electron chi connectivity index (χ2n) is 5.86. The second-order valence-corrected chi connectivity index (χ2v) is 5.86. The van der Waals surface area contributed by atoms with Crippen LogP contribution in [-0.2, 0) is 6.54 Å². The molecule has 1 fully saturated rings. The minimum Gasteiger partial charge on any atom is -0.366 e. The number of carbonyl (C=O) groups excluding carboxylic acids is 1. The predicted molar refractivity (Wildman–Crippen MR) is 73.3 cm³/mol. The third-order valence-electron chi connectivity index (χ3n) is 3.96. The number of hydrogen-bond acceptors (Lipinski definition) is 2. The normalized spacial score (nSPS) is 15.7. The molecule has 1 aliphatic rings. The van der Waals surface area contributed by atoms with Crippen molar-refractivity contribution in [1.82, 2.24) is 5.32 Å². The largest absolute Gasteiger partial charge is 0.366 e. The Hall–Kier alpha value is -1.35. The first-order valence-electron chi connectivity index (χ1n) is 6.54. The molecule has 18 heavy (non-hydrogen) atoms. The van der Waals surface area contributed by atoms with E-state index in [1.165, 1.54) is 18.4 Å². The van der Waals surface area contributed by atoms with Gasteiger partial charge in [-0.25, -0.2) is 0 Å². The number of benzene rings is 1. The molecule has 1 saturated carbocycles. The van der Waals surface area contributed by atoms with Crippen molar-refractivity contribution in [3.05, 3.63) is 34.9 Å². The quantitative estimate of drug-likeness (QED) is 0.838. The molecule has 0 heterocycles. The second kappa shape index (κ2) is 4.73. The van der Waals surface area contributed by atoms with Gasteiger partial charge < -0.3 is 11.1 Å². The summed E-state index contributed by atoms with van der Waals surface area (Å²) >= 11 is 0. The maximum absolute atomic E-state index is 11.1. The van der Waals surface area contributed by atoms with E-state index in [1.807, 2.05) is 19.1 Å². The van der Waals surface area contributed by atoms with E-state index in [9.17, 15) is 4.79 Å². The van der Waals surface area contributed by atoms with Crippen LogP contribution in [0.15, 0.2) is 18.2 Å². The van der Waals surface area contributed by atoms with Crippen molar-refractivity contribution >= 4 is 5.91 Å². The van der Waals surface area contributed by atoms with E-state index in [1.54, 1.807) is 6.07 Å². The van der Waals surface area contributed by atoms with Crippen molar-refractivity contribution in [3.8, 4) is 0 Å². The number of amides is 1. The molecule has 2 rings (SSSR count). The average Bonchev–Trinajstić information content (AvgIpc) is 3.11. The van der Waals surface area contributed by atoms with E-state index in [-0.39, 0.29) is 11.4 Å². The van der Waals surface area contributed by atoms with E-state index < -0.39 is 0 Å². The minimum atomic E-state index is -0.365. The SMILES string of the molecule is Cc1cc(C(N)=O)ccc1CNC(C)(C)C1CC1. The smallest absolute Gasteiger partial charge is 0.248 e. The highest BCUT2D eigenvalue weighted by molar-refractivity contribution is 5.93. The molecular weight excluding hydrogens is 224 g/mol.